The lowest BCUT2D eigenvalue weighted by atomic mass is 9.57. The Morgan fingerprint density at radius 1 is 0.300 bits per heavy atom. The zero-order valence-corrected chi connectivity index (χ0v) is 50.2. The lowest BCUT2D eigenvalue weighted by molar-refractivity contribution is -0.132. The van der Waals surface area contributed by atoms with Gasteiger partial charge in [0.2, 0.25) is 11.8 Å². The van der Waals surface area contributed by atoms with Gasteiger partial charge in [0.15, 0.2) is 0 Å². The third-order valence-electron chi connectivity index (χ3n) is 19.3. The van der Waals surface area contributed by atoms with Crippen molar-refractivity contribution in [1.29, 1.82) is 0 Å². The molecule has 18 rings (SSSR count). The Balaban J connectivity index is 0.000000132. The topological polar surface area (TPSA) is 59.1 Å². The van der Waals surface area contributed by atoms with E-state index in [0.717, 1.165) is 132 Å². The lowest BCUT2D eigenvalue weighted by Crippen LogP contribution is -2.67. The molecular weight excluding hydrogens is 1100 g/mol. The van der Waals surface area contributed by atoms with E-state index in [4.69, 9.17) is 9.47 Å². The average molecular weight is 1170 g/mol. The van der Waals surface area contributed by atoms with Crippen molar-refractivity contribution in [1.82, 2.24) is 0 Å². The number of nitrogens with zero attached hydrogens (tertiary/aromatic N) is 2. The summed E-state index contributed by atoms with van der Waals surface area (Å²) in [6.45, 7) is 4.46. The maximum atomic E-state index is 15.2. The van der Waals surface area contributed by atoms with Gasteiger partial charge in [-0.2, -0.15) is 0 Å². The molecule has 434 valence electrons. The highest BCUT2D eigenvalue weighted by Crippen LogP contribution is 2.67. The first-order valence-electron chi connectivity index (χ1n) is 31.6. The van der Waals surface area contributed by atoms with Crippen LogP contribution in [0.1, 0.15) is 85.0 Å². The molecule has 0 aliphatic carbocycles. The Morgan fingerprint density at radius 2 is 0.556 bits per heavy atom. The van der Waals surface area contributed by atoms with Gasteiger partial charge < -0.3 is 19.3 Å². The fourth-order valence-electron chi connectivity index (χ4n) is 15.4. The summed E-state index contributed by atoms with van der Waals surface area (Å²) in [4.78, 5) is 34.6. The third-order valence-corrected chi connectivity index (χ3v) is 19.3. The number of para-hydroxylation sites is 4. The van der Waals surface area contributed by atoms with Crippen LogP contribution in [0.4, 0.5) is 11.4 Å². The molecule has 4 aliphatic rings. The third kappa shape index (κ3) is 8.17. The van der Waals surface area contributed by atoms with Gasteiger partial charge in [0.05, 0.1) is 23.5 Å². The second-order valence-corrected chi connectivity index (χ2v) is 24.1. The molecular formula is C84H64N2O4. The summed E-state index contributed by atoms with van der Waals surface area (Å²) in [5, 5.41) is 13.6. The number of anilines is 2. The number of benzene rings is 14. The number of unbranched alkanes of at least 4 members (excludes halogenated alkanes) is 3. The van der Waals surface area contributed by atoms with E-state index in [0.29, 0.717) is 0 Å². The van der Waals surface area contributed by atoms with Crippen molar-refractivity contribution >= 4 is 87.8 Å². The zero-order chi connectivity index (χ0) is 60.5. The quantitative estimate of drug-likeness (QED) is 0.0906. The molecule has 14 aromatic carbocycles. The van der Waals surface area contributed by atoms with Crippen LogP contribution in [0.25, 0.3) is 64.6 Å². The van der Waals surface area contributed by atoms with E-state index in [1.807, 2.05) is 97.1 Å². The molecule has 0 saturated carbocycles. The van der Waals surface area contributed by atoms with Gasteiger partial charge in [0.25, 0.3) is 0 Å². The number of carbonyl (C=O) groups is 2. The van der Waals surface area contributed by atoms with Crippen molar-refractivity contribution in [2.45, 2.75) is 62.4 Å². The second kappa shape index (κ2) is 22.1. The summed E-state index contributed by atoms with van der Waals surface area (Å²) in [5.74, 6) is 3.05. The summed E-state index contributed by atoms with van der Waals surface area (Å²) in [6, 6.07) is 99.5. The Bertz CT molecular complexity index is 4650. The van der Waals surface area contributed by atoms with Crippen LogP contribution in [0.2, 0.25) is 0 Å². The molecule has 4 aliphatic heterocycles. The number of hydrogen-bond acceptors (Lipinski definition) is 4. The molecule has 0 aromatic heterocycles. The van der Waals surface area contributed by atoms with E-state index >= 15 is 9.59 Å². The predicted molar refractivity (Wildman–Crippen MR) is 369 cm³/mol. The first kappa shape index (κ1) is 54.6. The molecule has 0 N–H and O–H groups in total. The molecule has 0 bridgehead atoms. The fourth-order valence-corrected chi connectivity index (χ4v) is 15.4. The number of ether oxygens (including phenoxy) is 2. The van der Waals surface area contributed by atoms with Crippen LogP contribution in [0.5, 0.6) is 23.0 Å². The molecule has 0 unspecified atom stereocenters. The summed E-state index contributed by atoms with van der Waals surface area (Å²) in [6.07, 6.45) is 5.54. The molecule has 2 fully saturated rings. The van der Waals surface area contributed by atoms with Gasteiger partial charge in [-0.25, -0.2) is 0 Å². The van der Waals surface area contributed by atoms with E-state index in [2.05, 4.69) is 218 Å². The molecule has 6 nitrogen and oxygen atoms in total. The van der Waals surface area contributed by atoms with Gasteiger partial charge in [-0.3, -0.25) is 9.59 Å². The van der Waals surface area contributed by atoms with Crippen molar-refractivity contribution in [3.63, 3.8) is 0 Å². The lowest BCUT2D eigenvalue weighted by Gasteiger charge is -2.58. The van der Waals surface area contributed by atoms with Crippen molar-refractivity contribution in [2.24, 2.45) is 0 Å². The Labute approximate surface area is 523 Å². The molecule has 2 amide bonds. The molecule has 6 heteroatoms. The normalized spacial score (nSPS) is 16.2. The summed E-state index contributed by atoms with van der Waals surface area (Å²) in [5.41, 5.74) is 5.87. The van der Waals surface area contributed by atoms with Gasteiger partial charge in [-0.1, -0.05) is 282 Å². The van der Waals surface area contributed by atoms with Crippen molar-refractivity contribution < 1.29 is 19.1 Å². The molecule has 2 saturated heterocycles. The van der Waals surface area contributed by atoms with Gasteiger partial charge in [-0.15, -0.1) is 0 Å². The number of β-lactam (4-membered cyclic amide) rings is 2. The summed E-state index contributed by atoms with van der Waals surface area (Å²) < 4.78 is 12.9. The van der Waals surface area contributed by atoms with Crippen LogP contribution in [0.3, 0.4) is 0 Å². The number of fused-ring (bicyclic) bond motifs is 14. The van der Waals surface area contributed by atoms with E-state index in [-0.39, 0.29) is 23.9 Å². The minimum absolute atomic E-state index is 0.0593. The highest BCUT2D eigenvalue weighted by atomic mass is 16.5. The molecule has 4 heterocycles. The molecule has 2 spiro atoms. The monoisotopic (exact) mass is 1160 g/mol. The van der Waals surface area contributed by atoms with Crippen LogP contribution in [-0.4, -0.2) is 11.8 Å². The smallest absolute Gasteiger partial charge is 0.245 e. The maximum absolute atomic E-state index is 15.2. The first-order valence-corrected chi connectivity index (χ1v) is 31.6. The highest BCUT2D eigenvalue weighted by Gasteiger charge is 2.69. The van der Waals surface area contributed by atoms with Crippen molar-refractivity contribution in [2.75, 3.05) is 9.80 Å². The Morgan fingerprint density at radius 3 is 0.867 bits per heavy atom. The average Bonchev–Trinajstić information content (AvgIpc) is 0.672. The van der Waals surface area contributed by atoms with E-state index in [1.165, 1.54) is 25.7 Å². The number of rotatable bonds is 7. The molecule has 90 heavy (non-hydrogen) atoms. The second-order valence-electron chi connectivity index (χ2n) is 24.1. The molecule has 14 aromatic rings. The minimum Gasteiger partial charge on any atom is -0.457 e. The van der Waals surface area contributed by atoms with E-state index in [1.54, 1.807) is 0 Å². The van der Waals surface area contributed by atoms with Crippen LogP contribution >= 0.6 is 0 Å². The minimum atomic E-state index is -0.963. The van der Waals surface area contributed by atoms with Crippen LogP contribution in [0, 0.1) is 0 Å². The zero-order valence-electron chi connectivity index (χ0n) is 50.2. The van der Waals surface area contributed by atoms with E-state index < -0.39 is 10.8 Å². The highest BCUT2D eigenvalue weighted by molar-refractivity contribution is 6.21. The van der Waals surface area contributed by atoms with Gasteiger partial charge in [-0.05, 0) is 114 Å². The van der Waals surface area contributed by atoms with Crippen LogP contribution < -0.4 is 19.3 Å². The summed E-state index contributed by atoms with van der Waals surface area (Å²) in [7, 11) is 0. The largest absolute Gasteiger partial charge is 0.457 e. The maximum Gasteiger partial charge on any atom is 0.245 e. The predicted octanol–water partition coefficient (Wildman–Crippen LogP) is 21.2. The van der Waals surface area contributed by atoms with Crippen LogP contribution in [-0.2, 0) is 20.4 Å². The van der Waals surface area contributed by atoms with Crippen molar-refractivity contribution in [3.05, 3.63) is 325 Å². The Kier molecular flexibility index (Phi) is 13.4. The number of hydrogen-bond donors (Lipinski definition) is 0. The Hall–Kier alpha value is -10.8. The first-order chi connectivity index (χ1) is 44.4. The summed E-state index contributed by atoms with van der Waals surface area (Å²) >= 11 is 0. The number of amides is 2. The molecule has 2 atom stereocenters. The van der Waals surface area contributed by atoms with E-state index in [9.17, 15) is 0 Å². The SMILES string of the molecule is CCCCCC.O=C1N(c2cccc3ccccc23)[C@@H](c2c3ccccc3cc3ccccc23)C12c1ccccc1Oc1ccccc12.O=C1N(c2cccc3ccccc23)[C@H](c2c3ccccc3cc3ccccc23)C12c1ccccc1Oc1ccccc12. The molecule has 0 radical (unpaired) electrons. The standard InChI is InChI=1S/2C39H25NO2.C6H14/c2*41-38-39(31-19-7-9-22-34(31)42-35-23-10-8-20-32(35)39)37(40(38)33-21-11-15-25-12-1-4-16-28(25)33)36-29-17-5-2-13-26(29)24-27-14-3-6-18-30(27)36;1-3-5-6-4-2/h2*1-24,37H;3-6H2,1-2H3/t2*37-;/m10./s1. The number of carbonyl (C=O) groups excluding carboxylic acids is 2. The van der Waals surface area contributed by atoms with Gasteiger partial charge in [0, 0.05) is 33.0 Å². The van der Waals surface area contributed by atoms with Crippen LogP contribution in [0.15, 0.2) is 291 Å². The van der Waals surface area contributed by atoms with Gasteiger partial charge >= 0.3 is 0 Å². The fraction of sp³-hybridized carbons (Fsp3) is 0.119. The van der Waals surface area contributed by atoms with Gasteiger partial charge in [0.1, 0.15) is 33.8 Å². The van der Waals surface area contributed by atoms with Crippen molar-refractivity contribution in [3.8, 4) is 23.0 Å².